The summed E-state index contributed by atoms with van der Waals surface area (Å²) in [7, 11) is 0. The maximum Gasteiger partial charge on any atom is 0.169 e. The van der Waals surface area contributed by atoms with E-state index in [1.54, 1.807) is 0 Å². The van der Waals surface area contributed by atoms with Crippen molar-refractivity contribution < 1.29 is 14.2 Å². The fourth-order valence-corrected chi connectivity index (χ4v) is 5.03. The van der Waals surface area contributed by atoms with Gasteiger partial charge in [0, 0.05) is 12.8 Å². The molecule has 3 aliphatic rings. The molecule has 1 saturated heterocycles. The maximum atomic E-state index is 6.64. The third-order valence-corrected chi connectivity index (χ3v) is 6.95. The first-order valence-electron chi connectivity index (χ1n) is 10.1. The van der Waals surface area contributed by atoms with Crippen molar-refractivity contribution in [2.45, 2.75) is 83.6 Å². The molecular weight excluding hydrogens is 312 g/mol. The Morgan fingerprint density at radius 1 is 0.880 bits per heavy atom. The van der Waals surface area contributed by atoms with Gasteiger partial charge in [-0.05, 0) is 36.2 Å². The van der Waals surface area contributed by atoms with Gasteiger partial charge in [0.25, 0.3) is 0 Å². The van der Waals surface area contributed by atoms with E-state index in [1.807, 2.05) is 6.07 Å². The Bertz CT molecular complexity index is 566. The lowest BCUT2D eigenvalue weighted by Gasteiger charge is -2.44. The van der Waals surface area contributed by atoms with Gasteiger partial charge in [-0.15, -0.1) is 0 Å². The second-order valence-corrected chi connectivity index (χ2v) is 8.47. The van der Waals surface area contributed by atoms with Crippen LogP contribution in [0, 0.1) is 17.8 Å². The van der Waals surface area contributed by atoms with Crippen molar-refractivity contribution in [1.82, 2.24) is 0 Å². The Morgan fingerprint density at radius 3 is 2.28 bits per heavy atom. The summed E-state index contributed by atoms with van der Waals surface area (Å²) in [5.74, 6) is 1.23. The predicted molar refractivity (Wildman–Crippen MR) is 98.1 cm³/mol. The molecular formula is C22H32O3. The minimum absolute atomic E-state index is 0.0722. The van der Waals surface area contributed by atoms with E-state index in [2.05, 4.69) is 45.0 Å². The van der Waals surface area contributed by atoms with Crippen LogP contribution >= 0.6 is 0 Å². The third kappa shape index (κ3) is 3.27. The van der Waals surface area contributed by atoms with Gasteiger partial charge in [0.05, 0.1) is 18.8 Å². The largest absolute Gasteiger partial charge is 0.370 e. The fourth-order valence-electron chi connectivity index (χ4n) is 5.03. The van der Waals surface area contributed by atoms with Gasteiger partial charge in [-0.25, -0.2) is 0 Å². The van der Waals surface area contributed by atoms with Crippen LogP contribution in [0.4, 0.5) is 0 Å². The Balaban J connectivity index is 1.52. The van der Waals surface area contributed by atoms with Gasteiger partial charge in [-0.2, -0.15) is 0 Å². The lowest BCUT2D eigenvalue weighted by molar-refractivity contribution is -0.204. The number of rotatable bonds is 3. The normalized spacial score (nSPS) is 40.1. The van der Waals surface area contributed by atoms with Gasteiger partial charge < -0.3 is 14.2 Å². The number of fused-ring (bicyclic) bond motifs is 1. The monoisotopic (exact) mass is 344 g/mol. The molecule has 0 bridgehead atoms. The fraction of sp³-hybridized carbons (Fsp3) is 0.727. The first-order valence-corrected chi connectivity index (χ1v) is 10.1. The predicted octanol–water partition coefficient (Wildman–Crippen LogP) is 4.94. The van der Waals surface area contributed by atoms with Crippen LogP contribution in [0.25, 0.3) is 0 Å². The van der Waals surface area contributed by atoms with E-state index in [1.165, 1.54) is 24.8 Å². The average molecular weight is 344 g/mol. The van der Waals surface area contributed by atoms with Crippen molar-refractivity contribution >= 4 is 0 Å². The highest BCUT2D eigenvalue weighted by atomic mass is 16.8. The first-order chi connectivity index (χ1) is 12.1. The summed E-state index contributed by atoms with van der Waals surface area (Å²) in [4.78, 5) is 0. The average Bonchev–Trinajstić information content (AvgIpc) is 3.00. The molecule has 3 fully saturated rings. The Labute approximate surface area is 152 Å². The molecule has 1 aliphatic heterocycles. The number of hydrogen-bond donors (Lipinski definition) is 0. The minimum Gasteiger partial charge on any atom is -0.370 e. The van der Waals surface area contributed by atoms with Crippen molar-refractivity contribution in [2.75, 3.05) is 0 Å². The molecule has 3 nitrogen and oxygen atoms in total. The summed E-state index contributed by atoms with van der Waals surface area (Å²) in [6.07, 6.45) is 6.18. The van der Waals surface area contributed by atoms with Crippen molar-refractivity contribution in [3.8, 4) is 0 Å². The van der Waals surface area contributed by atoms with Crippen LogP contribution in [-0.4, -0.2) is 24.1 Å². The highest BCUT2D eigenvalue weighted by molar-refractivity contribution is 5.13. The molecule has 0 N–H and O–H groups in total. The van der Waals surface area contributed by atoms with Crippen molar-refractivity contribution in [1.29, 1.82) is 0 Å². The van der Waals surface area contributed by atoms with Crippen molar-refractivity contribution in [3.05, 3.63) is 35.9 Å². The first kappa shape index (κ1) is 17.5. The molecule has 1 aromatic carbocycles. The van der Waals surface area contributed by atoms with E-state index < -0.39 is 0 Å². The van der Waals surface area contributed by atoms with Crippen molar-refractivity contribution in [2.24, 2.45) is 17.8 Å². The molecule has 25 heavy (non-hydrogen) atoms. The molecule has 138 valence electrons. The lowest BCUT2D eigenvalue weighted by atomic mass is 9.70. The van der Waals surface area contributed by atoms with Crippen molar-refractivity contribution in [3.63, 3.8) is 0 Å². The molecule has 6 unspecified atom stereocenters. The second-order valence-electron chi connectivity index (χ2n) is 8.47. The SMILES string of the molecule is CC1C(C)C(OCc2ccccc2)C2OC3(CCCCC3)OC2C1C. The third-order valence-electron chi connectivity index (χ3n) is 6.95. The van der Waals surface area contributed by atoms with E-state index in [-0.39, 0.29) is 24.1 Å². The number of ether oxygens (including phenoxy) is 3. The zero-order valence-electron chi connectivity index (χ0n) is 15.8. The van der Waals surface area contributed by atoms with Crippen LogP contribution < -0.4 is 0 Å². The summed E-state index contributed by atoms with van der Waals surface area (Å²) in [6, 6.07) is 10.5. The summed E-state index contributed by atoms with van der Waals surface area (Å²) < 4.78 is 19.7. The zero-order chi connectivity index (χ0) is 17.4. The Hall–Kier alpha value is -0.900. The van der Waals surface area contributed by atoms with Gasteiger partial charge >= 0.3 is 0 Å². The van der Waals surface area contributed by atoms with Gasteiger partial charge in [0.2, 0.25) is 0 Å². The molecule has 6 atom stereocenters. The van der Waals surface area contributed by atoms with Crippen LogP contribution in [0.1, 0.15) is 58.4 Å². The summed E-state index contributed by atoms with van der Waals surface area (Å²) >= 11 is 0. The van der Waals surface area contributed by atoms with Gasteiger partial charge in [0.1, 0.15) is 6.10 Å². The highest BCUT2D eigenvalue weighted by Gasteiger charge is 2.57. The molecule has 2 aliphatic carbocycles. The summed E-state index contributed by atoms with van der Waals surface area (Å²) in [6.45, 7) is 7.65. The molecule has 3 heteroatoms. The molecule has 0 radical (unpaired) electrons. The van der Waals surface area contributed by atoms with Gasteiger partial charge in [-0.1, -0.05) is 57.5 Å². The van der Waals surface area contributed by atoms with Crippen LogP contribution in [0.3, 0.4) is 0 Å². The lowest BCUT2D eigenvalue weighted by Crippen LogP contribution is -2.53. The quantitative estimate of drug-likeness (QED) is 0.777. The minimum atomic E-state index is -0.333. The molecule has 4 rings (SSSR count). The summed E-state index contributed by atoms with van der Waals surface area (Å²) in [5.41, 5.74) is 1.23. The topological polar surface area (TPSA) is 27.7 Å². The Kier molecular flexibility index (Phi) is 4.91. The summed E-state index contributed by atoms with van der Waals surface area (Å²) in [5, 5.41) is 0. The molecule has 2 saturated carbocycles. The van der Waals surface area contributed by atoms with Crippen LogP contribution in [0.2, 0.25) is 0 Å². The molecule has 0 amide bonds. The van der Waals surface area contributed by atoms with E-state index >= 15 is 0 Å². The van der Waals surface area contributed by atoms with Crippen LogP contribution in [-0.2, 0) is 20.8 Å². The van der Waals surface area contributed by atoms with Gasteiger partial charge in [0.15, 0.2) is 5.79 Å². The Morgan fingerprint density at radius 2 is 1.56 bits per heavy atom. The zero-order valence-corrected chi connectivity index (χ0v) is 15.8. The maximum absolute atomic E-state index is 6.64. The van der Waals surface area contributed by atoms with Crippen LogP contribution in [0.15, 0.2) is 30.3 Å². The second kappa shape index (κ2) is 7.02. The van der Waals surface area contributed by atoms with E-state index in [0.29, 0.717) is 24.4 Å². The molecule has 1 aromatic rings. The van der Waals surface area contributed by atoms with Gasteiger partial charge in [-0.3, -0.25) is 0 Å². The number of hydrogen-bond acceptors (Lipinski definition) is 3. The molecule has 1 heterocycles. The highest BCUT2D eigenvalue weighted by Crippen LogP contribution is 2.50. The smallest absolute Gasteiger partial charge is 0.169 e. The molecule has 0 aromatic heterocycles. The standard InChI is InChI=1S/C22H32O3/c1-15-16(2)19(23-14-18-10-6-4-7-11-18)21-20(17(15)3)24-22(25-21)12-8-5-9-13-22/h4,6-7,10-11,15-17,19-21H,5,8-9,12-14H2,1-3H3. The van der Waals surface area contributed by atoms with Crippen LogP contribution in [0.5, 0.6) is 0 Å². The van der Waals surface area contributed by atoms with E-state index in [4.69, 9.17) is 14.2 Å². The van der Waals surface area contributed by atoms with E-state index in [0.717, 1.165) is 12.8 Å². The number of benzene rings is 1. The molecule has 1 spiro atoms. The van der Waals surface area contributed by atoms with E-state index in [9.17, 15) is 0 Å².